The number of nitrogens with one attached hydrogen (secondary N) is 2. The minimum absolute atomic E-state index is 0. The van der Waals surface area contributed by atoms with Gasteiger partial charge in [0.25, 0.3) is 0 Å². The molecule has 0 saturated carbocycles. The summed E-state index contributed by atoms with van der Waals surface area (Å²) in [5.41, 5.74) is 0. The number of hydrogen-bond acceptors (Lipinski definition) is 4. The third kappa shape index (κ3) is 8.87. The highest BCUT2D eigenvalue weighted by atomic mass is 127. The molecule has 9 heteroatoms. The van der Waals surface area contributed by atoms with E-state index in [2.05, 4.69) is 31.8 Å². The zero-order chi connectivity index (χ0) is 17.4. The maximum atomic E-state index is 11.1. The molecule has 2 fully saturated rings. The summed E-state index contributed by atoms with van der Waals surface area (Å²) in [6.07, 6.45) is 6.45. The molecule has 2 aliphatic rings. The average Bonchev–Trinajstić information content (AvgIpc) is 2.99. The number of hydrogen-bond donors (Lipinski definition) is 2. The fourth-order valence-electron chi connectivity index (χ4n) is 3.50. The molecule has 25 heavy (non-hydrogen) atoms. The molecule has 2 saturated heterocycles. The zero-order valence-corrected chi connectivity index (χ0v) is 18.7. The Kier molecular flexibility index (Phi) is 10.6. The van der Waals surface area contributed by atoms with Crippen molar-refractivity contribution in [2.75, 3.05) is 58.6 Å². The van der Waals surface area contributed by atoms with Gasteiger partial charge in [0.15, 0.2) is 5.96 Å². The van der Waals surface area contributed by atoms with Crippen molar-refractivity contribution in [1.29, 1.82) is 0 Å². The minimum Gasteiger partial charge on any atom is -0.357 e. The lowest BCUT2D eigenvalue weighted by Gasteiger charge is -2.29. The average molecular weight is 487 g/mol. The number of guanidine groups is 1. The Bertz CT molecular complexity index is 509. The first-order valence-electron chi connectivity index (χ1n) is 9.18. The Morgan fingerprint density at radius 2 is 1.92 bits per heavy atom. The predicted molar refractivity (Wildman–Crippen MR) is 114 cm³/mol. The zero-order valence-electron chi connectivity index (χ0n) is 15.5. The lowest BCUT2D eigenvalue weighted by atomic mass is 10.1. The standard InChI is InChI=1S/C16H33N5O2S.HI/c1-3-17-16(18-8-9-19-24(2,22)23)21-12-7-15(14-21)13-20-10-5-4-6-11-20;/h15,19H,3-14H2,1-2H3,(H,17,18);1H. The van der Waals surface area contributed by atoms with E-state index in [1.54, 1.807) is 0 Å². The Labute approximate surface area is 170 Å². The third-order valence-corrected chi connectivity index (χ3v) is 5.35. The van der Waals surface area contributed by atoms with Crippen LogP contribution in [0.15, 0.2) is 4.99 Å². The highest BCUT2D eigenvalue weighted by Crippen LogP contribution is 2.19. The first kappa shape index (κ1) is 22.9. The maximum absolute atomic E-state index is 11.1. The summed E-state index contributed by atoms with van der Waals surface area (Å²) in [6, 6.07) is 0. The quantitative estimate of drug-likeness (QED) is 0.242. The van der Waals surface area contributed by atoms with Crippen molar-refractivity contribution >= 4 is 40.0 Å². The molecule has 2 aliphatic heterocycles. The second-order valence-corrected chi connectivity index (χ2v) is 8.70. The van der Waals surface area contributed by atoms with Crippen molar-refractivity contribution in [3.05, 3.63) is 0 Å². The van der Waals surface area contributed by atoms with Gasteiger partial charge in [-0.3, -0.25) is 4.99 Å². The molecule has 0 aromatic rings. The van der Waals surface area contributed by atoms with Crippen LogP contribution in [0.4, 0.5) is 0 Å². The molecule has 0 spiro atoms. The van der Waals surface area contributed by atoms with Gasteiger partial charge in [0, 0.05) is 32.7 Å². The van der Waals surface area contributed by atoms with Gasteiger partial charge in [0.05, 0.1) is 12.8 Å². The lowest BCUT2D eigenvalue weighted by molar-refractivity contribution is 0.198. The minimum atomic E-state index is -3.14. The van der Waals surface area contributed by atoms with Gasteiger partial charge in [-0.25, -0.2) is 13.1 Å². The Morgan fingerprint density at radius 1 is 1.20 bits per heavy atom. The number of rotatable bonds is 7. The molecule has 0 bridgehead atoms. The van der Waals surface area contributed by atoms with Crippen molar-refractivity contribution in [3.8, 4) is 0 Å². The van der Waals surface area contributed by atoms with Crippen LogP contribution in [0.25, 0.3) is 0 Å². The third-order valence-electron chi connectivity index (χ3n) is 4.62. The van der Waals surface area contributed by atoms with Crippen LogP contribution in [0.2, 0.25) is 0 Å². The molecule has 0 amide bonds. The van der Waals surface area contributed by atoms with Gasteiger partial charge in [-0.1, -0.05) is 6.42 Å². The van der Waals surface area contributed by atoms with Crippen LogP contribution in [0.1, 0.15) is 32.6 Å². The van der Waals surface area contributed by atoms with Gasteiger partial charge in [-0.05, 0) is 45.2 Å². The number of aliphatic imine (C=N–C) groups is 1. The van der Waals surface area contributed by atoms with Crippen LogP contribution in [0, 0.1) is 5.92 Å². The summed E-state index contributed by atoms with van der Waals surface area (Å²) in [7, 11) is -3.14. The van der Waals surface area contributed by atoms with Crippen molar-refractivity contribution in [1.82, 2.24) is 19.8 Å². The summed E-state index contributed by atoms with van der Waals surface area (Å²) in [5.74, 6) is 1.62. The van der Waals surface area contributed by atoms with E-state index >= 15 is 0 Å². The van der Waals surface area contributed by atoms with E-state index in [-0.39, 0.29) is 24.0 Å². The van der Waals surface area contributed by atoms with Crippen molar-refractivity contribution in [2.24, 2.45) is 10.9 Å². The molecule has 2 rings (SSSR count). The van der Waals surface area contributed by atoms with E-state index in [1.165, 1.54) is 51.6 Å². The maximum Gasteiger partial charge on any atom is 0.208 e. The number of likely N-dealkylation sites (tertiary alicyclic amines) is 2. The van der Waals surface area contributed by atoms with Crippen molar-refractivity contribution in [2.45, 2.75) is 32.6 Å². The summed E-state index contributed by atoms with van der Waals surface area (Å²) < 4.78 is 24.7. The Morgan fingerprint density at radius 3 is 2.56 bits per heavy atom. The lowest BCUT2D eigenvalue weighted by Crippen LogP contribution is -2.41. The first-order chi connectivity index (χ1) is 11.5. The molecule has 148 valence electrons. The van der Waals surface area contributed by atoms with Gasteiger partial charge in [0.1, 0.15) is 0 Å². The van der Waals surface area contributed by atoms with E-state index in [0.717, 1.165) is 25.6 Å². The molecule has 7 nitrogen and oxygen atoms in total. The number of halogens is 1. The van der Waals surface area contributed by atoms with Crippen molar-refractivity contribution < 1.29 is 8.42 Å². The molecular formula is C16H34IN5O2S. The molecule has 2 N–H and O–H groups in total. The smallest absolute Gasteiger partial charge is 0.208 e. The monoisotopic (exact) mass is 487 g/mol. The second kappa shape index (κ2) is 11.6. The fourth-order valence-corrected chi connectivity index (χ4v) is 3.96. The van der Waals surface area contributed by atoms with Gasteiger partial charge < -0.3 is 15.1 Å². The highest BCUT2D eigenvalue weighted by Gasteiger charge is 2.26. The van der Waals surface area contributed by atoms with Gasteiger partial charge in [-0.2, -0.15) is 0 Å². The SMILES string of the molecule is CCNC(=NCCNS(C)(=O)=O)N1CCC(CN2CCCCC2)C1.I. The second-order valence-electron chi connectivity index (χ2n) is 6.86. The molecule has 0 radical (unpaired) electrons. The Hall–Kier alpha value is -0.130. The molecule has 2 heterocycles. The molecule has 1 atom stereocenters. The summed E-state index contributed by atoms with van der Waals surface area (Å²) in [4.78, 5) is 9.50. The van der Waals surface area contributed by atoms with Crippen LogP contribution in [0.5, 0.6) is 0 Å². The van der Waals surface area contributed by atoms with Gasteiger partial charge in [-0.15, -0.1) is 24.0 Å². The van der Waals surface area contributed by atoms with Crippen LogP contribution in [-0.2, 0) is 10.0 Å². The normalized spacial score (nSPS) is 22.7. The van der Waals surface area contributed by atoms with Gasteiger partial charge >= 0.3 is 0 Å². The topological polar surface area (TPSA) is 77.0 Å². The van der Waals surface area contributed by atoms with E-state index in [1.807, 2.05) is 0 Å². The molecule has 1 unspecified atom stereocenters. The number of nitrogens with zero attached hydrogens (tertiary/aromatic N) is 3. The van der Waals surface area contributed by atoms with Crippen LogP contribution in [0.3, 0.4) is 0 Å². The Balaban J connectivity index is 0.00000312. The molecule has 0 aliphatic carbocycles. The molecule has 0 aromatic heterocycles. The number of piperidine rings is 1. The first-order valence-corrected chi connectivity index (χ1v) is 11.1. The van der Waals surface area contributed by atoms with Crippen molar-refractivity contribution in [3.63, 3.8) is 0 Å². The van der Waals surface area contributed by atoms with E-state index in [0.29, 0.717) is 19.0 Å². The summed E-state index contributed by atoms with van der Waals surface area (Å²) in [5, 5.41) is 3.33. The largest absolute Gasteiger partial charge is 0.357 e. The fraction of sp³-hybridized carbons (Fsp3) is 0.938. The van der Waals surface area contributed by atoms with Crippen LogP contribution >= 0.6 is 24.0 Å². The van der Waals surface area contributed by atoms with Gasteiger partial charge in [0.2, 0.25) is 10.0 Å². The van der Waals surface area contributed by atoms with E-state index in [9.17, 15) is 8.42 Å². The predicted octanol–water partition coefficient (Wildman–Crippen LogP) is 0.927. The molecule has 0 aromatic carbocycles. The molecular weight excluding hydrogens is 453 g/mol. The summed E-state index contributed by atoms with van der Waals surface area (Å²) in [6.45, 7) is 9.47. The van der Waals surface area contributed by atoms with E-state index in [4.69, 9.17) is 0 Å². The number of sulfonamides is 1. The van der Waals surface area contributed by atoms with Crippen LogP contribution < -0.4 is 10.0 Å². The summed E-state index contributed by atoms with van der Waals surface area (Å²) >= 11 is 0. The van der Waals surface area contributed by atoms with Crippen LogP contribution in [-0.4, -0.2) is 82.8 Å². The van der Waals surface area contributed by atoms with E-state index < -0.39 is 10.0 Å². The highest BCUT2D eigenvalue weighted by molar-refractivity contribution is 14.0.